The average Bonchev–Trinajstić information content (AvgIpc) is 3.69. The number of benzene rings is 2. The molecule has 3 aromatic rings. The first kappa shape index (κ1) is 30.7. The monoisotopic (exact) mass is 619 g/mol. The molecule has 0 radical (unpaired) electrons. The van der Waals surface area contributed by atoms with Crippen LogP contribution in [0.25, 0.3) is 22.1 Å². The SMILES string of the molecule is COc1cc(-c2ccc3cc(C(=O)NC4(C(=O)NC5(C=N)CC5)CCC(F)(F)CC4)oc3c2)ccc1C(C#N)N1CCOCC1. The van der Waals surface area contributed by atoms with Crippen LogP contribution in [0.15, 0.2) is 46.9 Å². The summed E-state index contributed by atoms with van der Waals surface area (Å²) in [4.78, 5) is 28.9. The van der Waals surface area contributed by atoms with Gasteiger partial charge in [0.25, 0.3) is 5.91 Å². The standard InChI is InChI=1S/C33H35F2N5O5/c1-43-27-17-22(4-5-24(27)25(19-36)40-12-14-44-15-13-40)21-2-3-23-18-28(45-26(23)16-21)29(41)38-32(8-10-33(34,35)11-9-32)30(42)39-31(20-37)6-7-31/h2-5,16-18,20,25,37H,6-15H2,1H3,(H,38,41)(H,39,42). The van der Waals surface area contributed by atoms with E-state index in [2.05, 4.69) is 21.6 Å². The molecule has 3 aliphatic rings. The Hall–Kier alpha value is -4.34. The molecule has 1 saturated heterocycles. The molecule has 45 heavy (non-hydrogen) atoms. The summed E-state index contributed by atoms with van der Waals surface area (Å²) in [6, 6.07) is 14.6. The van der Waals surface area contributed by atoms with E-state index in [4.69, 9.17) is 19.3 Å². The molecule has 2 heterocycles. The Morgan fingerprint density at radius 1 is 1.02 bits per heavy atom. The van der Waals surface area contributed by atoms with Crippen LogP contribution in [0, 0.1) is 16.7 Å². The highest BCUT2D eigenvalue weighted by Crippen LogP contribution is 2.41. The molecule has 0 spiro atoms. The molecule has 2 aromatic carbocycles. The second kappa shape index (κ2) is 11.9. The van der Waals surface area contributed by atoms with Crippen LogP contribution in [0.3, 0.4) is 0 Å². The number of halogens is 2. The third kappa shape index (κ3) is 6.15. The van der Waals surface area contributed by atoms with Gasteiger partial charge in [-0.25, -0.2) is 8.78 Å². The number of furan rings is 1. The van der Waals surface area contributed by atoms with E-state index in [1.807, 2.05) is 30.3 Å². The van der Waals surface area contributed by atoms with E-state index in [1.165, 1.54) is 0 Å². The quantitative estimate of drug-likeness (QED) is 0.287. The lowest BCUT2D eigenvalue weighted by Crippen LogP contribution is -2.63. The normalized spacial score (nSPS) is 20.8. The first-order chi connectivity index (χ1) is 21.6. The molecule has 6 rings (SSSR count). The highest BCUT2D eigenvalue weighted by molar-refractivity contribution is 6.01. The van der Waals surface area contributed by atoms with Gasteiger partial charge in [-0.3, -0.25) is 14.5 Å². The van der Waals surface area contributed by atoms with Crippen molar-refractivity contribution in [1.82, 2.24) is 15.5 Å². The van der Waals surface area contributed by atoms with Crippen molar-refractivity contribution in [2.24, 2.45) is 0 Å². The van der Waals surface area contributed by atoms with Crippen molar-refractivity contribution >= 4 is 29.0 Å². The number of amides is 2. The Balaban J connectivity index is 1.24. The number of carbonyl (C=O) groups excluding carboxylic acids is 2. The summed E-state index contributed by atoms with van der Waals surface area (Å²) in [6.07, 6.45) is 0.810. The van der Waals surface area contributed by atoms with Gasteiger partial charge in [0.2, 0.25) is 11.8 Å². The summed E-state index contributed by atoms with van der Waals surface area (Å²) in [5.74, 6) is -3.63. The molecule has 0 bridgehead atoms. The van der Waals surface area contributed by atoms with Gasteiger partial charge in [-0.15, -0.1) is 0 Å². The van der Waals surface area contributed by atoms with Crippen molar-refractivity contribution < 1.29 is 32.3 Å². The largest absolute Gasteiger partial charge is 0.496 e. The maximum Gasteiger partial charge on any atom is 0.287 e. The fraction of sp³-hybridized carbons (Fsp3) is 0.455. The fourth-order valence-corrected chi connectivity index (χ4v) is 6.14. The van der Waals surface area contributed by atoms with Gasteiger partial charge in [0.05, 0.1) is 31.9 Å². The molecule has 10 nitrogen and oxygen atoms in total. The fourth-order valence-electron chi connectivity index (χ4n) is 6.14. The van der Waals surface area contributed by atoms with Crippen molar-refractivity contribution in [2.75, 3.05) is 33.4 Å². The zero-order chi connectivity index (χ0) is 31.8. The molecule has 2 saturated carbocycles. The van der Waals surface area contributed by atoms with Gasteiger partial charge in [-0.05, 0) is 55.0 Å². The lowest BCUT2D eigenvalue weighted by atomic mass is 9.78. The van der Waals surface area contributed by atoms with Crippen molar-refractivity contribution in [1.29, 1.82) is 10.7 Å². The number of alkyl halides is 2. The topological polar surface area (TPSA) is 141 Å². The van der Waals surface area contributed by atoms with Gasteiger partial charge in [0, 0.05) is 43.1 Å². The maximum atomic E-state index is 14.1. The number of morpholine rings is 1. The number of methoxy groups -OCH3 is 1. The summed E-state index contributed by atoms with van der Waals surface area (Å²) < 4.78 is 45.2. The number of nitrogens with zero attached hydrogens (tertiary/aromatic N) is 2. The molecule has 2 aliphatic carbocycles. The lowest BCUT2D eigenvalue weighted by molar-refractivity contribution is -0.133. The van der Waals surface area contributed by atoms with Crippen molar-refractivity contribution in [3.05, 3.63) is 53.8 Å². The number of nitriles is 1. The highest BCUT2D eigenvalue weighted by Gasteiger charge is 2.52. The van der Waals surface area contributed by atoms with Crippen LogP contribution >= 0.6 is 0 Å². The first-order valence-corrected chi connectivity index (χ1v) is 15.1. The third-order valence-corrected chi connectivity index (χ3v) is 9.19. The number of fused-ring (bicyclic) bond motifs is 1. The number of rotatable bonds is 9. The van der Waals surface area contributed by atoms with Crippen LogP contribution in [-0.2, 0) is 9.53 Å². The number of carbonyl (C=O) groups is 2. The molecule has 3 fully saturated rings. The Bertz CT molecular complexity index is 1660. The van der Waals surface area contributed by atoms with Crippen molar-refractivity contribution in [3.8, 4) is 22.9 Å². The first-order valence-electron chi connectivity index (χ1n) is 15.1. The summed E-state index contributed by atoms with van der Waals surface area (Å²) in [5, 5.41) is 23.8. The second-order valence-electron chi connectivity index (χ2n) is 12.1. The molecule has 1 unspecified atom stereocenters. The van der Waals surface area contributed by atoms with Crippen LogP contribution in [-0.4, -0.2) is 73.3 Å². The molecular formula is C33H35F2N5O5. The Kier molecular flexibility index (Phi) is 8.09. The predicted molar refractivity (Wildman–Crippen MR) is 161 cm³/mol. The Morgan fingerprint density at radius 3 is 2.36 bits per heavy atom. The number of hydrogen-bond donors (Lipinski definition) is 3. The minimum atomic E-state index is -2.91. The van der Waals surface area contributed by atoms with E-state index in [-0.39, 0.29) is 18.6 Å². The minimum absolute atomic E-state index is 0.0462. The number of hydrogen-bond acceptors (Lipinski definition) is 8. The van der Waals surface area contributed by atoms with Gasteiger partial charge in [0.1, 0.15) is 22.9 Å². The molecule has 1 aromatic heterocycles. The van der Waals surface area contributed by atoms with Gasteiger partial charge in [0.15, 0.2) is 5.76 Å². The van der Waals surface area contributed by atoms with Gasteiger partial charge in [-0.1, -0.05) is 24.3 Å². The predicted octanol–water partition coefficient (Wildman–Crippen LogP) is 4.98. The van der Waals surface area contributed by atoms with Crippen LogP contribution in [0.4, 0.5) is 8.78 Å². The molecular weight excluding hydrogens is 584 g/mol. The molecule has 1 aliphatic heterocycles. The molecule has 3 N–H and O–H groups in total. The average molecular weight is 620 g/mol. The zero-order valence-corrected chi connectivity index (χ0v) is 25.0. The smallest absolute Gasteiger partial charge is 0.287 e. The highest BCUT2D eigenvalue weighted by atomic mass is 19.3. The van der Waals surface area contributed by atoms with Gasteiger partial charge in [-0.2, -0.15) is 5.26 Å². The van der Waals surface area contributed by atoms with E-state index in [9.17, 15) is 23.6 Å². The minimum Gasteiger partial charge on any atom is -0.496 e. The maximum absolute atomic E-state index is 14.1. The van der Waals surface area contributed by atoms with E-state index in [0.29, 0.717) is 55.9 Å². The van der Waals surface area contributed by atoms with Crippen LogP contribution in [0.5, 0.6) is 5.75 Å². The van der Waals surface area contributed by atoms with Crippen LogP contribution in [0.2, 0.25) is 0 Å². The van der Waals surface area contributed by atoms with E-state index >= 15 is 0 Å². The molecule has 12 heteroatoms. The third-order valence-electron chi connectivity index (χ3n) is 9.19. The number of ether oxygens (including phenoxy) is 2. The zero-order valence-electron chi connectivity index (χ0n) is 25.0. The lowest BCUT2D eigenvalue weighted by Gasteiger charge is -2.39. The Labute approximate surface area is 259 Å². The summed E-state index contributed by atoms with van der Waals surface area (Å²) >= 11 is 0. The number of nitrogens with one attached hydrogen (secondary N) is 3. The molecule has 2 amide bonds. The van der Waals surface area contributed by atoms with Crippen LogP contribution < -0.4 is 15.4 Å². The summed E-state index contributed by atoms with van der Waals surface area (Å²) in [7, 11) is 1.56. The van der Waals surface area contributed by atoms with Crippen molar-refractivity contribution in [2.45, 2.75) is 61.6 Å². The van der Waals surface area contributed by atoms with Crippen molar-refractivity contribution in [3.63, 3.8) is 0 Å². The summed E-state index contributed by atoms with van der Waals surface area (Å²) in [5.41, 5.74) is 0.484. The summed E-state index contributed by atoms with van der Waals surface area (Å²) in [6.45, 7) is 2.43. The van der Waals surface area contributed by atoms with Gasteiger partial charge < -0.3 is 29.9 Å². The van der Waals surface area contributed by atoms with E-state index in [0.717, 1.165) is 22.9 Å². The van der Waals surface area contributed by atoms with E-state index in [1.54, 1.807) is 19.2 Å². The Morgan fingerprint density at radius 2 is 1.71 bits per heavy atom. The van der Waals surface area contributed by atoms with Gasteiger partial charge >= 0.3 is 0 Å². The van der Waals surface area contributed by atoms with E-state index < -0.39 is 47.7 Å². The van der Waals surface area contributed by atoms with Crippen LogP contribution in [0.1, 0.15) is 60.7 Å². The molecule has 1 atom stereocenters. The molecule has 236 valence electrons. The second-order valence-corrected chi connectivity index (χ2v) is 12.1.